The van der Waals surface area contributed by atoms with E-state index >= 15 is 0 Å². The van der Waals surface area contributed by atoms with Gasteiger partial charge >= 0.3 is 0 Å². The summed E-state index contributed by atoms with van der Waals surface area (Å²) in [4.78, 5) is 25.1. The Morgan fingerprint density at radius 2 is 2.07 bits per heavy atom. The Morgan fingerprint density at radius 3 is 2.75 bits per heavy atom. The topological polar surface area (TPSA) is 136 Å². The molecule has 0 spiro atoms. The van der Waals surface area contributed by atoms with Crippen molar-refractivity contribution >= 4 is 33.7 Å². The van der Waals surface area contributed by atoms with Crippen LogP contribution in [0.25, 0.3) is 11.3 Å². The fraction of sp³-hybridized carbons (Fsp3) is 0.211. The average Bonchev–Trinajstić information content (AvgIpc) is 3.42. The number of rotatable bonds is 6. The first-order chi connectivity index (χ1) is 13.5. The van der Waals surface area contributed by atoms with E-state index in [9.17, 15) is 9.59 Å². The molecule has 1 atom stereocenters. The lowest BCUT2D eigenvalue weighted by Crippen LogP contribution is -2.23. The van der Waals surface area contributed by atoms with Gasteiger partial charge in [0, 0.05) is 24.2 Å². The zero-order valence-electron chi connectivity index (χ0n) is 14.9. The van der Waals surface area contributed by atoms with Crippen LogP contribution in [0.2, 0.25) is 0 Å². The van der Waals surface area contributed by atoms with Gasteiger partial charge in [-0.2, -0.15) is 0 Å². The first kappa shape index (κ1) is 18.2. The largest absolute Gasteiger partial charge is 0.397 e. The van der Waals surface area contributed by atoms with Gasteiger partial charge in [-0.15, -0.1) is 11.3 Å². The van der Waals surface area contributed by atoms with Crippen molar-refractivity contribution in [2.24, 2.45) is 5.73 Å². The van der Waals surface area contributed by atoms with Crippen LogP contribution in [0.15, 0.2) is 40.9 Å². The van der Waals surface area contributed by atoms with Gasteiger partial charge < -0.3 is 26.6 Å². The average molecular weight is 397 g/mol. The number of nitrogens with two attached hydrogens (primary N) is 2. The van der Waals surface area contributed by atoms with Crippen LogP contribution in [0.3, 0.4) is 0 Å². The van der Waals surface area contributed by atoms with Crippen molar-refractivity contribution in [2.75, 3.05) is 24.1 Å². The molecule has 9 heteroatoms. The maximum Gasteiger partial charge on any atom is 0.253 e. The molecule has 0 bridgehead atoms. The van der Waals surface area contributed by atoms with E-state index in [2.05, 4.69) is 15.8 Å². The Hall–Kier alpha value is -3.17. The van der Waals surface area contributed by atoms with E-state index in [1.165, 1.54) is 0 Å². The molecule has 0 radical (unpaired) electrons. The predicted molar refractivity (Wildman–Crippen MR) is 108 cm³/mol. The van der Waals surface area contributed by atoms with Gasteiger partial charge in [0.1, 0.15) is 15.6 Å². The Labute approximate surface area is 164 Å². The molecule has 3 heterocycles. The Balaban J connectivity index is 1.66. The summed E-state index contributed by atoms with van der Waals surface area (Å²) in [6.45, 7) is 1.65. The van der Waals surface area contributed by atoms with Crippen LogP contribution < -0.4 is 22.1 Å². The minimum Gasteiger partial charge on any atom is -0.397 e. The van der Waals surface area contributed by atoms with Crippen molar-refractivity contribution in [1.82, 2.24) is 10.5 Å². The van der Waals surface area contributed by atoms with Crippen molar-refractivity contribution < 1.29 is 14.1 Å². The number of nitrogens with zero attached hydrogens (tertiary/aromatic N) is 1. The molecule has 4 rings (SSSR count). The van der Waals surface area contributed by atoms with Crippen molar-refractivity contribution in [3.8, 4) is 11.3 Å². The molecule has 1 unspecified atom stereocenters. The number of amides is 1. The molecule has 3 aromatic rings. The molecule has 6 N–H and O–H groups in total. The molecule has 1 amide bonds. The van der Waals surface area contributed by atoms with Crippen molar-refractivity contribution in [3.63, 3.8) is 0 Å². The van der Waals surface area contributed by atoms with Crippen molar-refractivity contribution in [1.29, 1.82) is 0 Å². The summed E-state index contributed by atoms with van der Waals surface area (Å²) in [5.41, 5.74) is 13.2. The lowest BCUT2D eigenvalue weighted by atomic mass is 10.1. The third kappa shape index (κ3) is 3.37. The molecule has 1 fully saturated rings. The predicted octanol–water partition coefficient (Wildman–Crippen LogP) is 2.09. The van der Waals surface area contributed by atoms with Gasteiger partial charge in [0.2, 0.25) is 11.5 Å². The second kappa shape index (κ2) is 7.45. The van der Waals surface area contributed by atoms with Crippen LogP contribution in [-0.2, 0) is 0 Å². The van der Waals surface area contributed by atoms with Crippen molar-refractivity contribution in [3.05, 3.63) is 52.6 Å². The maximum absolute atomic E-state index is 12.9. The highest BCUT2D eigenvalue weighted by molar-refractivity contribution is 7.19. The molecule has 8 nitrogen and oxygen atoms in total. The second-order valence-corrected chi connectivity index (χ2v) is 7.54. The molecule has 2 aromatic heterocycles. The van der Waals surface area contributed by atoms with Gasteiger partial charge in [-0.1, -0.05) is 35.5 Å². The van der Waals surface area contributed by atoms with Crippen LogP contribution in [0.1, 0.15) is 32.2 Å². The van der Waals surface area contributed by atoms with Gasteiger partial charge in [0.05, 0.1) is 11.3 Å². The Morgan fingerprint density at radius 1 is 1.29 bits per heavy atom. The number of carbonyl (C=O) groups is 2. The van der Waals surface area contributed by atoms with Crippen LogP contribution in [0.5, 0.6) is 0 Å². The second-order valence-electron chi connectivity index (χ2n) is 6.52. The highest BCUT2D eigenvalue weighted by Gasteiger charge is 2.28. The number of hydrogen-bond acceptors (Lipinski definition) is 8. The number of thiophene rings is 1. The number of carbonyl (C=O) groups excluding carboxylic acids is 2. The number of hydrogen-bond donors (Lipinski definition) is 4. The van der Waals surface area contributed by atoms with Crippen LogP contribution >= 0.6 is 11.3 Å². The van der Waals surface area contributed by atoms with E-state index in [1.807, 2.05) is 30.3 Å². The van der Waals surface area contributed by atoms with Crippen LogP contribution in [0.4, 0.5) is 10.7 Å². The van der Waals surface area contributed by atoms with E-state index in [1.54, 1.807) is 6.07 Å². The lowest BCUT2D eigenvalue weighted by molar-refractivity contribution is 0.1000. The number of anilines is 2. The third-order valence-electron chi connectivity index (χ3n) is 4.60. The fourth-order valence-corrected chi connectivity index (χ4v) is 4.31. The minimum absolute atomic E-state index is 0.0527. The number of benzene rings is 1. The highest BCUT2D eigenvalue weighted by Crippen LogP contribution is 2.38. The molecule has 1 aromatic carbocycles. The summed E-state index contributed by atoms with van der Waals surface area (Å²) in [5, 5.41) is 11.0. The number of nitrogen functional groups attached to an aromatic ring is 1. The molecule has 0 saturated carbocycles. The number of primary amides is 1. The quantitative estimate of drug-likeness (QED) is 0.468. The molecular formula is C19H19N5O3S. The van der Waals surface area contributed by atoms with Gasteiger partial charge in [-0.3, -0.25) is 9.59 Å². The summed E-state index contributed by atoms with van der Waals surface area (Å²) < 4.78 is 5.24. The smallest absolute Gasteiger partial charge is 0.253 e. The number of ketones is 1. The number of nitrogens with one attached hydrogen (secondary N) is 2. The molecule has 1 aliphatic rings. The van der Waals surface area contributed by atoms with Gasteiger partial charge in [-0.05, 0) is 13.0 Å². The van der Waals surface area contributed by atoms with Crippen LogP contribution in [-0.4, -0.2) is 36.0 Å². The van der Waals surface area contributed by atoms with Gasteiger partial charge in [0.25, 0.3) is 5.91 Å². The molecule has 28 heavy (non-hydrogen) atoms. The standard InChI is InChI=1S/C19H19N5O3S/c20-15-14(18(21)26)19(23-11-6-7-22-9-11)28-17(15)16(25)13-8-12(24-27-13)10-4-2-1-3-5-10/h1-5,8,11,22-23H,6-7,9,20H2,(H2,21,26). The summed E-state index contributed by atoms with van der Waals surface area (Å²) in [7, 11) is 0. The van der Waals surface area contributed by atoms with E-state index in [-0.39, 0.29) is 27.9 Å². The molecule has 1 aliphatic heterocycles. The SMILES string of the molecule is NC(=O)c1c(NC2CCNC2)sc(C(=O)c2cc(-c3ccccc3)no2)c1N. The Kier molecular flexibility index (Phi) is 4.84. The number of aromatic nitrogens is 1. The molecule has 144 valence electrons. The highest BCUT2D eigenvalue weighted by atomic mass is 32.1. The normalized spacial score (nSPS) is 16.2. The Bertz CT molecular complexity index is 1020. The summed E-state index contributed by atoms with van der Waals surface area (Å²) >= 11 is 1.11. The van der Waals surface area contributed by atoms with Crippen LogP contribution in [0, 0.1) is 0 Å². The maximum atomic E-state index is 12.9. The lowest BCUT2D eigenvalue weighted by Gasteiger charge is -2.11. The third-order valence-corrected chi connectivity index (χ3v) is 5.73. The summed E-state index contributed by atoms with van der Waals surface area (Å²) in [6, 6.07) is 11.1. The van der Waals surface area contributed by atoms with Gasteiger partial charge in [-0.25, -0.2) is 0 Å². The summed E-state index contributed by atoms with van der Waals surface area (Å²) in [6.07, 6.45) is 0.905. The first-order valence-corrected chi connectivity index (χ1v) is 9.62. The monoisotopic (exact) mass is 397 g/mol. The summed E-state index contributed by atoms with van der Waals surface area (Å²) in [5.74, 6) is -1.06. The van der Waals surface area contributed by atoms with E-state index < -0.39 is 11.7 Å². The zero-order chi connectivity index (χ0) is 19.7. The molecular weight excluding hydrogens is 378 g/mol. The van der Waals surface area contributed by atoms with Crippen molar-refractivity contribution in [2.45, 2.75) is 12.5 Å². The van der Waals surface area contributed by atoms with E-state index in [0.29, 0.717) is 10.7 Å². The van der Waals surface area contributed by atoms with Gasteiger partial charge in [0.15, 0.2) is 0 Å². The molecule has 0 aliphatic carbocycles. The fourth-order valence-electron chi connectivity index (χ4n) is 3.16. The van der Waals surface area contributed by atoms with E-state index in [4.69, 9.17) is 16.0 Å². The molecule has 1 saturated heterocycles. The first-order valence-electron chi connectivity index (χ1n) is 8.80. The van der Waals surface area contributed by atoms with E-state index in [0.717, 1.165) is 36.4 Å². The minimum atomic E-state index is -0.677. The zero-order valence-corrected chi connectivity index (χ0v) is 15.7.